The van der Waals surface area contributed by atoms with E-state index in [1.807, 2.05) is 52.0 Å². The molecule has 0 spiro atoms. The van der Waals surface area contributed by atoms with Gasteiger partial charge in [-0.25, -0.2) is 0 Å². The predicted molar refractivity (Wildman–Crippen MR) is 77.7 cm³/mol. The van der Waals surface area contributed by atoms with Crippen LogP contribution < -0.4 is 5.66 Å². The Morgan fingerprint density at radius 1 is 0.900 bits per heavy atom. The summed E-state index contributed by atoms with van der Waals surface area (Å²) in [5.74, 6) is 0.789. The Bertz CT molecular complexity index is 591. The van der Waals surface area contributed by atoms with Crippen molar-refractivity contribution in [3.05, 3.63) is 36.7 Å². The minimum atomic E-state index is -0.462. The van der Waals surface area contributed by atoms with E-state index in [4.69, 9.17) is 13.7 Å². The highest BCUT2D eigenvalue weighted by molar-refractivity contribution is 6.60. The second-order valence-electron chi connectivity index (χ2n) is 6.03. The average Bonchev–Trinajstić information content (AvgIpc) is 2.94. The molecule has 1 saturated heterocycles. The Labute approximate surface area is 119 Å². The molecular weight excluding hydrogens is 253 g/mol. The summed E-state index contributed by atoms with van der Waals surface area (Å²) in [7, 11) is -0.462. The largest absolute Gasteiger partial charge is 0.532 e. The van der Waals surface area contributed by atoms with Gasteiger partial charge in [-0.2, -0.15) is 0 Å². The fraction of sp³-hybridized carbons (Fsp3) is 0.400. The van der Waals surface area contributed by atoms with E-state index in [1.165, 1.54) is 0 Å². The van der Waals surface area contributed by atoms with Crippen molar-refractivity contribution in [3.8, 4) is 11.3 Å². The molecule has 1 aliphatic rings. The van der Waals surface area contributed by atoms with E-state index >= 15 is 0 Å². The molecule has 1 fully saturated rings. The number of nitrogens with zero attached hydrogens (tertiary/aromatic N) is 1. The van der Waals surface area contributed by atoms with Gasteiger partial charge in [0.05, 0.1) is 11.2 Å². The molecule has 20 heavy (non-hydrogen) atoms. The van der Waals surface area contributed by atoms with Crippen molar-refractivity contribution in [1.82, 2.24) is 4.98 Å². The van der Waals surface area contributed by atoms with Crippen molar-refractivity contribution in [2.45, 2.75) is 38.9 Å². The van der Waals surface area contributed by atoms with E-state index in [0.29, 0.717) is 5.66 Å². The van der Waals surface area contributed by atoms with Gasteiger partial charge in [0.15, 0.2) is 0 Å². The number of rotatable bonds is 2. The van der Waals surface area contributed by atoms with Gasteiger partial charge in [0, 0.05) is 18.0 Å². The maximum atomic E-state index is 5.97. The standard InChI is InChI=1S/C15H18BNO3/c1-14(2)15(3,4)20-16(19-14)13-6-5-12(18-13)11-7-9-17-10-8-11/h5-10H,1-4H3. The molecule has 0 bridgehead atoms. The van der Waals surface area contributed by atoms with Gasteiger partial charge in [0.1, 0.15) is 11.4 Å². The van der Waals surface area contributed by atoms with Crippen LogP contribution in [0.25, 0.3) is 11.3 Å². The molecule has 0 atom stereocenters. The fourth-order valence-electron chi connectivity index (χ4n) is 2.11. The van der Waals surface area contributed by atoms with E-state index in [1.54, 1.807) is 12.4 Å². The van der Waals surface area contributed by atoms with E-state index in [-0.39, 0.29) is 11.2 Å². The highest BCUT2D eigenvalue weighted by atomic mass is 16.7. The first-order valence-electron chi connectivity index (χ1n) is 6.75. The van der Waals surface area contributed by atoms with Crippen LogP contribution >= 0.6 is 0 Å². The summed E-state index contributed by atoms with van der Waals surface area (Å²) >= 11 is 0. The Hall–Kier alpha value is -1.59. The van der Waals surface area contributed by atoms with Gasteiger partial charge >= 0.3 is 7.12 Å². The molecule has 0 N–H and O–H groups in total. The van der Waals surface area contributed by atoms with Gasteiger partial charge in [-0.1, -0.05) is 0 Å². The zero-order chi connectivity index (χ0) is 14.4. The first-order valence-corrected chi connectivity index (χ1v) is 6.75. The van der Waals surface area contributed by atoms with E-state index in [0.717, 1.165) is 11.3 Å². The van der Waals surface area contributed by atoms with Crippen molar-refractivity contribution < 1.29 is 13.7 Å². The summed E-state index contributed by atoms with van der Waals surface area (Å²) in [5.41, 5.74) is 0.959. The first-order chi connectivity index (χ1) is 9.39. The highest BCUT2D eigenvalue weighted by Crippen LogP contribution is 2.36. The molecule has 0 aliphatic carbocycles. The van der Waals surface area contributed by atoms with Crippen molar-refractivity contribution in [2.75, 3.05) is 0 Å². The Morgan fingerprint density at radius 3 is 2.10 bits per heavy atom. The second kappa shape index (κ2) is 4.47. The third-order valence-corrected chi connectivity index (χ3v) is 4.08. The van der Waals surface area contributed by atoms with Crippen LogP contribution in [0.3, 0.4) is 0 Å². The normalized spacial score (nSPS) is 20.3. The zero-order valence-corrected chi connectivity index (χ0v) is 12.2. The van der Waals surface area contributed by atoms with Crippen LogP contribution in [0.1, 0.15) is 27.7 Å². The van der Waals surface area contributed by atoms with Gasteiger partial charge in [-0.3, -0.25) is 4.98 Å². The lowest BCUT2D eigenvalue weighted by molar-refractivity contribution is 0.00578. The average molecular weight is 271 g/mol. The summed E-state index contributed by atoms with van der Waals surface area (Å²) in [5, 5.41) is 0. The van der Waals surface area contributed by atoms with Crippen LogP contribution in [-0.2, 0) is 9.31 Å². The lowest BCUT2D eigenvalue weighted by Gasteiger charge is -2.32. The molecule has 1 aliphatic heterocycles. The van der Waals surface area contributed by atoms with Crippen LogP contribution in [0.4, 0.5) is 0 Å². The van der Waals surface area contributed by atoms with Crippen molar-refractivity contribution in [1.29, 1.82) is 0 Å². The number of hydrogen-bond donors (Lipinski definition) is 0. The van der Waals surface area contributed by atoms with Gasteiger partial charge in [-0.05, 0) is 52.0 Å². The maximum Gasteiger partial charge on any atom is 0.532 e. The molecule has 0 amide bonds. The Balaban J connectivity index is 1.86. The molecule has 104 valence electrons. The molecule has 3 heterocycles. The second-order valence-corrected chi connectivity index (χ2v) is 6.03. The van der Waals surface area contributed by atoms with Crippen LogP contribution in [-0.4, -0.2) is 23.3 Å². The van der Waals surface area contributed by atoms with E-state index in [2.05, 4.69) is 4.98 Å². The highest BCUT2D eigenvalue weighted by Gasteiger charge is 2.53. The summed E-state index contributed by atoms with van der Waals surface area (Å²) in [6, 6.07) is 7.65. The van der Waals surface area contributed by atoms with Gasteiger partial charge in [-0.15, -0.1) is 0 Å². The maximum absolute atomic E-state index is 5.97. The molecule has 2 aromatic rings. The number of hydrogen-bond acceptors (Lipinski definition) is 4. The summed E-state index contributed by atoms with van der Waals surface area (Å²) < 4.78 is 17.8. The van der Waals surface area contributed by atoms with Crippen LogP contribution in [0.2, 0.25) is 0 Å². The third-order valence-electron chi connectivity index (χ3n) is 4.08. The van der Waals surface area contributed by atoms with E-state index in [9.17, 15) is 0 Å². The third kappa shape index (κ3) is 2.17. The summed E-state index contributed by atoms with van der Waals surface area (Å²) in [6.45, 7) is 8.11. The van der Waals surface area contributed by atoms with Crippen LogP contribution in [0, 0.1) is 0 Å². The predicted octanol–water partition coefficient (Wildman–Crippen LogP) is 2.64. The molecule has 0 aromatic carbocycles. The molecule has 2 aromatic heterocycles. The van der Waals surface area contributed by atoms with Gasteiger partial charge in [0.2, 0.25) is 0 Å². The number of aromatic nitrogens is 1. The Morgan fingerprint density at radius 2 is 1.50 bits per heavy atom. The summed E-state index contributed by atoms with van der Waals surface area (Å²) in [6.07, 6.45) is 3.48. The van der Waals surface area contributed by atoms with Crippen molar-refractivity contribution >= 4 is 12.8 Å². The number of furan rings is 1. The minimum Gasteiger partial charge on any atom is -0.465 e. The molecule has 4 nitrogen and oxygen atoms in total. The monoisotopic (exact) mass is 271 g/mol. The Kier molecular flexibility index (Phi) is 2.99. The zero-order valence-electron chi connectivity index (χ0n) is 12.2. The van der Waals surface area contributed by atoms with Gasteiger partial charge in [0.25, 0.3) is 0 Å². The van der Waals surface area contributed by atoms with Gasteiger partial charge < -0.3 is 13.7 Å². The topological polar surface area (TPSA) is 44.5 Å². The molecule has 0 radical (unpaired) electrons. The number of pyridine rings is 1. The van der Waals surface area contributed by atoms with Crippen molar-refractivity contribution in [3.63, 3.8) is 0 Å². The van der Waals surface area contributed by atoms with E-state index < -0.39 is 7.12 Å². The smallest absolute Gasteiger partial charge is 0.465 e. The first kappa shape index (κ1) is 13.4. The quantitative estimate of drug-likeness (QED) is 0.787. The summed E-state index contributed by atoms with van der Waals surface area (Å²) in [4.78, 5) is 4.00. The van der Waals surface area contributed by atoms with Crippen LogP contribution in [0.15, 0.2) is 41.1 Å². The van der Waals surface area contributed by atoms with Crippen LogP contribution in [0.5, 0.6) is 0 Å². The minimum absolute atomic E-state index is 0.360. The lowest BCUT2D eigenvalue weighted by Crippen LogP contribution is -2.41. The molecule has 3 rings (SSSR count). The molecular formula is C15H18BNO3. The van der Waals surface area contributed by atoms with Crippen molar-refractivity contribution in [2.24, 2.45) is 0 Å². The lowest BCUT2D eigenvalue weighted by atomic mass is 9.86. The molecule has 5 heteroatoms. The fourth-order valence-corrected chi connectivity index (χ4v) is 2.11. The molecule has 0 saturated carbocycles. The molecule has 0 unspecified atom stereocenters. The SMILES string of the molecule is CC1(C)OB(c2ccc(-c3ccncc3)o2)OC1(C)C.